The van der Waals surface area contributed by atoms with E-state index in [1.807, 2.05) is 6.26 Å². The van der Waals surface area contributed by atoms with E-state index in [2.05, 4.69) is 0 Å². The number of rotatable bonds is 2. The van der Waals surface area contributed by atoms with Crippen molar-refractivity contribution in [3.8, 4) is 0 Å². The summed E-state index contributed by atoms with van der Waals surface area (Å²) >= 11 is 0. The molecule has 1 saturated carbocycles. The van der Waals surface area contributed by atoms with Gasteiger partial charge in [-0.25, -0.2) is 0 Å². The van der Waals surface area contributed by atoms with Gasteiger partial charge in [-0.05, 0) is 31.3 Å². The quantitative estimate of drug-likeness (QED) is 0.708. The van der Waals surface area contributed by atoms with Gasteiger partial charge in [0, 0.05) is 12.0 Å². The van der Waals surface area contributed by atoms with Gasteiger partial charge in [-0.1, -0.05) is 12.8 Å². The van der Waals surface area contributed by atoms with E-state index in [4.69, 9.17) is 10.5 Å². The largest absolute Gasteiger partial charge is 0.501 e. The molecule has 1 aliphatic carbocycles. The molecule has 0 unspecified atom stereocenters. The van der Waals surface area contributed by atoms with Gasteiger partial charge >= 0.3 is 0 Å². The van der Waals surface area contributed by atoms with E-state index in [-0.39, 0.29) is 0 Å². The van der Waals surface area contributed by atoms with E-state index < -0.39 is 0 Å². The van der Waals surface area contributed by atoms with Crippen LogP contribution in [-0.4, -0.2) is 13.2 Å². The molecular formula is C11H19NO. The number of nitrogens with two attached hydrogens (primary N) is 1. The van der Waals surface area contributed by atoms with Crippen LogP contribution in [0.5, 0.6) is 0 Å². The van der Waals surface area contributed by atoms with Crippen LogP contribution in [0.15, 0.2) is 11.8 Å². The van der Waals surface area contributed by atoms with Crippen molar-refractivity contribution in [2.75, 3.05) is 13.2 Å². The van der Waals surface area contributed by atoms with Crippen molar-refractivity contribution in [2.45, 2.75) is 38.5 Å². The summed E-state index contributed by atoms with van der Waals surface area (Å²) in [6.07, 6.45) is 9.60. The maximum absolute atomic E-state index is 5.90. The highest BCUT2D eigenvalue weighted by atomic mass is 16.5. The molecule has 1 heterocycles. The molecule has 2 heteroatoms. The molecule has 74 valence electrons. The van der Waals surface area contributed by atoms with Crippen molar-refractivity contribution in [3.05, 3.63) is 11.8 Å². The van der Waals surface area contributed by atoms with Crippen LogP contribution >= 0.6 is 0 Å². The SMILES string of the molecule is NCC1(C2=COCCC2)CCCC1. The van der Waals surface area contributed by atoms with Gasteiger partial charge in [0.05, 0.1) is 12.9 Å². The van der Waals surface area contributed by atoms with Gasteiger partial charge in [-0.3, -0.25) is 0 Å². The van der Waals surface area contributed by atoms with Crippen LogP contribution in [0.3, 0.4) is 0 Å². The zero-order chi connectivity index (χ0) is 9.15. The molecule has 0 bridgehead atoms. The first-order chi connectivity index (χ1) is 6.37. The average molecular weight is 181 g/mol. The summed E-state index contributed by atoms with van der Waals surface area (Å²) in [6.45, 7) is 1.70. The predicted molar refractivity (Wildman–Crippen MR) is 53.2 cm³/mol. The first kappa shape index (κ1) is 9.07. The highest BCUT2D eigenvalue weighted by molar-refractivity contribution is 5.16. The molecule has 2 aliphatic rings. The fourth-order valence-corrected chi connectivity index (χ4v) is 2.66. The molecule has 2 N–H and O–H groups in total. The minimum absolute atomic E-state index is 0.320. The Morgan fingerprint density at radius 1 is 1.31 bits per heavy atom. The van der Waals surface area contributed by atoms with Crippen molar-refractivity contribution in [1.29, 1.82) is 0 Å². The lowest BCUT2D eigenvalue weighted by Gasteiger charge is -2.32. The third-order valence-corrected chi connectivity index (χ3v) is 3.57. The minimum atomic E-state index is 0.320. The molecular weight excluding hydrogens is 162 g/mol. The third-order valence-electron chi connectivity index (χ3n) is 3.57. The monoisotopic (exact) mass is 181 g/mol. The molecule has 0 radical (unpaired) electrons. The maximum atomic E-state index is 5.90. The molecule has 13 heavy (non-hydrogen) atoms. The van der Waals surface area contributed by atoms with E-state index in [9.17, 15) is 0 Å². The summed E-state index contributed by atoms with van der Waals surface area (Å²) in [4.78, 5) is 0. The Hall–Kier alpha value is -0.500. The molecule has 1 fully saturated rings. The molecule has 2 rings (SSSR count). The van der Waals surface area contributed by atoms with Gasteiger partial charge in [-0.15, -0.1) is 0 Å². The highest BCUT2D eigenvalue weighted by Gasteiger charge is 2.36. The Morgan fingerprint density at radius 2 is 2.08 bits per heavy atom. The normalized spacial score (nSPS) is 26.7. The Bertz CT molecular complexity index is 204. The van der Waals surface area contributed by atoms with Gasteiger partial charge in [0.1, 0.15) is 0 Å². The lowest BCUT2D eigenvalue weighted by molar-refractivity contribution is 0.202. The fraction of sp³-hybridized carbons (Fsp3) is 0.818. The zero-order valence-corrected chi connectivity index (χ0v) is 8.22. The number of ether oxygens (including phenoxy) is 1. The summed E-state index contributed by atoms with van der Waals surface area (Å²) in [5, 5.41) is 0. The Kier molecular flexibility index (Phi) is 2.58. The van der Waals surface area contributed by atoms with Gasteiger partial charge < -0.3 is 10.5 Å². The minimum Gasteiger partial charge on any atom is -0.501 e. The molecule has 0 aromatic heterocycles. The van der Waals surface area contributed by atoms with Crippen molar-refractivity contribution in [1.82, 2.24) is 0 Å². The van der Waals surface area contributed by atoms with Crippen LogP contribution in [0.1, 0.15) is 38.5 Å². The second-order valence-corrected chi connectivity index (χ2v) is 4.31. The molecule has 1 aliphatic heterocycles. The molecule has 0 atom stereocenters. The first-order valence-corrected chi connectivity index (χ1v) is 5.39. The van der Waals surface area contributed by atoms with Crippen molar-refractivity contribution < 1.29 is 4.74 Å². The Balaban J connectivity index is 2.14. The second-order valence-electron chi connectivity index (χ2n) is 4.31. The highest BCUT2D eigenvalue weighted by Crippen LogP contribution is 2.45. The lowest BCUT2D eigenvalue weighted by Crippen LogP contribution is -2.30. The topological polar surface area (TPSA) is 35.2 Å². The van der Waals surface area contributed by atoms with Crippen molar-refractivity contribution >= 4 is 0 Å². The molecule has 0 spiro atoms. The molecule has 2 nitrogen and oxygen atoms in total. The van der Waals surface area contributed by atoms with E-state index in [0.717, 1.165) is 13.2 Å². The van der Waals surface area contributed by atoms with Crippen LogP contribution in [0.25, 0.3) is 0 Å². The standard InChI is InChI=1S/C11H19NO/c12-9-11(5-1-2-6-11)10-4-3-7-13-8-10/h8H,1-7,9,12H2. The maximum Gasteiger partial charge on any atom is 0.0876 e. The Morgan fingerprint density at radius 3 is 2.62 bits per heavy atom. The zero-order valence-electron chi connectivity index (χ0n) is 8.22. The predicted octanol–water partition coefficient (Wildman–Crippen LogP) is 2.20. The molecule has 0 saturated heterocycles. The van der Waals surface area contributed by atoms with Crippen molar-refractivity contribution in [3.63, 3.8) is 0 Å². The van der Waals surface area contributed by atoms with Crippen molar-refractivity contribution in [2.24, 2.45) is 11.1 Å². The summed E-state index contributed by atoms with van der Waals surface area (Å²) in [5.41, 5.74) is 7.71. The summed E-state index contributed by atoms with van der Waals surface area (Å²) < 4.78 is 5.40. The van der Waals surface area contributed by atoms with Crippen LogP contribution in [-0.2, 0) is 4.74 Å². The molecule has 0 aromatic carbocycles. The first-order valence-electron chi connectivity index (χ1n) is 5.39. The van der Waals surface area contributed by atoms with Crippen LogP contribution in [0.2, 0.25) is 0 Å². The van der Waals surface area contributed by atoms with Crippen LogP contribution in [0, 0.1) is 5.41 Å². The number of hydrogen-bond donors (Lipinski definition) is 1. The summed E-state index contributed by atoms with van der Waals surface area (Å²) in [6, 6.07) is 0. The van der Waals surface area contributed by atoms with Crippen LogP contribution in [0.4, 0.5) is 0 Å². The molecule has 0 aromatic rings. The summed E-state index contributed by atoms with van der Waals surface area (Å²) in [5.74, 6) is 0. The summed E-state index contributed by atoms with van der Waals surface area (Å²) in [7, 11) is 0. The number of hydrogen-bond acceptors (Lipinski definition) is 2. The van der Waals surface area contributed by atoms with E-state index in [0.29, 0.717) is 5.41 Å². The van der Waals surface area contributed by atoms with Crippen LogP contribution < -0.4 is 5.73 Å². The second kappa shape index (κ2) is 3.70. The van der Waals surface area contributed by atoms with E-state index >= 15 is 0 Å². The molecule has 0 amide bonds. The van der Waals surface area contributed by atoms with Gasteiger partial charge in [0.15, 0.2) is 0 Å². The van der Waals surface area contributed by atoms with E-state index in [1.54, 1.807) is 0 Å². The Labute approximate surface area is 80.1 Å². The van der Waals surface area contributed by atoms with E-state index in [1.165, 1.54) is 44.1 Å². The lowest BCUT2D eigenvalue weighted by atomic mass is 9.77. The van der Waals surface area contributed by atoms with Gasteiger partial charge in [0.25, 0.3) is 0 Å². The smallest absolute Gasteiger partial charge is 0.0876 e. The van der Waals surface area contributed by atoms with Gasteiger partial charge in [0.2, 0.25) is 0 Å². The van der Waals surface area contributed by atoms with Gasteiger partial charge in [-0.2, -0.15) is 0 Å². The fourth-order valence-electron chi connectivity index (χ4n) is 2.66. The third kappa shape index (κ3) is 1.60. The average Bonchev–Trinajstić information content (AvgIpc) is 2.69.